The van der Waals surface area contributed by atoms with Gasteiger partial charge in [0.15, 0.2) is 5.75 Å². The number of ether oxygens (including phenoxy) is 2. The summed E-state index contributed by atoms with van der Waals surface area (Å²) in [5.74, 6) is 1.52. The third kappa shape index (κ3) is 3.55. The summed E-state index contributed by atoms with van der Waals surface area (Å²) in [4.78, 5) is 13.4. The lowest BCUT2D eigenvalue weighted by atomic mass is 10.1. The molecule has 0 saturated carbocycles. The summed E-state index contributed by atoms with van der Waals surface area (Å²) in [6.45, 7) is 1.96. The highest BCUT2D eigenvalue weighted by Gasteiger charge is 2.23. The molecular weight excluding hydrogens is 414 g/mol. The number of anilines is 1. The van der Waals surface area contributed by atoms with Crippen LogP contribution < -0.4 is 14.8 Å². The number of nitrogens with zero attached hydrogens (tertiary/aromatic N) is 3. The van der Waals surface area contributed by atoms with Gasteiger partial charge in [-0.15, -0.1) is 16.4 Å². The molecule has 0 saturated heterocycles. The molecule has 0 bridgehead atoms. The van der Waals surface area contributed by atoms with E-state index in [1.54, 1.807) is 7.11 Å². The molecule has 31 heavy (non-hydrogen) atoms. The Morgan fingerprint density at radius 1 is 1.10 bits per heavy atom. The van der Waals surface area contributed by atoms with Gasteiger partial charge in [0.25, 0.3) is 11.9 Å². The fraction of sp³-hybridized carbons (Fsp3) is 0.0909. The van der Waals surface area contributed by atoms with E-state index in [2.05, 4.69) is 25.9 Å². The summed E-state index contributed by atoms with van der Waals surface area (Å²) in [6, 6.07) is 17.7. The molecule has 2 aromatic heterocycles. The van der Waals surface area contributed by atoms with Crippen molar-refractivity contribution in [1.82, 2.24) is 20.6 Å². The highest BCUT2D eigenvalue weighted by molar-refractivity contribution is 7.21. The first-order chi connectivity index (χ1) is 15.1. The van der Waals surface area contributed by atoms with Crippen molar-refractivity contribution in [3.8, 4) is 17.2 Å². The Labute approximate surface area is 180 Å². The van der Waals surface area contributed by atoms with Gasteiger partial charge in [-0.3, -0.25) is 10.1 Å². The van der Waals surface area contributed by atoms with Crippen LogP contribution in [0.25, 0.3) is 20.9 Å². The number of hydrogen-bond acceptors (Lipinski definition) is 7. The summed E-state index contributed by atoms with van der Waals surface area (Å²) in [6.07, 6.45) is 0. The van der Waals surface area contributed by atoms with Crippen molar-refractivity contribution in [2.45, 2.75) is 6.92 Å². The Hall–Kier alpha value is -3.98. The van der Waals surface area contributed by atoms with Gasteiger partial charge in [0.05, 0.1) is 7.11 Å². The lowest BCUT2D eigenvalue weighted by molar-refractivity contribution is 0.102. The number of hydrogen-bond donors (Lipinski definition) is 2. The van der Waals surface area contributed by atoms with Crippen LogP contribution in [-0.2, 0) is 0 Å². The molecule has 8 nitrogen and oxygen atoms in total. The Morgan fingerprint density at radius 2 is 1.94 bits per heavy atom. The molecule has 0 aliphatic heterocycles. The minimum absolute atomic E-state index is 0.0906. The lowest BCUT2D eigenvalue weighted by Gasteiger charge is -2.10. The normalized spacial score (nSPS) is 11.0. The number of carbonyl (C=O) groups is 1. The monoisotopic (exact) mass is 431 g/mol. The second-order valence-corrected chi connectivity index (χ2v) is 7.93. The van der Waals surface area contributed by atoms with Crippen molar-refractivity contribution >= 4 is 44.1 Å². The highest BCUT2D eigenvalue weighted by atomic mass is 32.1. The number of tetrazole rings is 1. The summed E-state index contributed by atoms with van der Waals surface area (Å²) >= 11 is 1.33. The van der Waals surface area contributed by atoms with Gasteiger partial charge in [0, 0.05) is 10.1 Å². The van der Waals surface area contributed by atoms with E-state index in [0.717, 1.165) is 32.2 Å². The van der Waals surface area contributed by atoms with Crippen LogP contribution >= 0.6 is 11.3 Å². The SMILES string of the molecule is COc1cc2c(Oc3ccc4ccccc4c3)c(C(=O)Nc3nn[nH]n3)sc2cc1C. The predicted molar refractivity (Wildman–Crippen MR) is 119 cm³/mol. The minimum Gasteiger partial charge on any atom is -0.496 e. The van der Waals surface area contributed by atoms with E-state index in [0.29, 0.717) is 16.4 Å². The van der Waals surface area contributed by atoms with Crippen molar-refractivity contribution in [1.29, 1.82) is 0 Å². The molecule has 5 aromatic rings. The van der Waals surface area contributed by atoms with E-state index in [-0.39, 0.29) is 11.9 Å². The molecule has 154 valence electrons. The maximum absolute atomic E-state index is 13.0. The fourth-order valence-corrected chi connectivity index (χ4v) is 4.50. The number of carbonyl (C=O) groups excluding carboxylic acids is 1. The van der Waals surface area contributed by atoms with Gasteiger partial charge < -0.3 is 9.47 Å². The number of rotatable bonds is 5. The molecule has 0 atom stereocenters. The first-order valence-electron chi connectivity index (χ1n) is 9.45. The number of aromatic nitrogens is 4. The summed E-state index contributed by atoms with van der Waals surface area (Å²) < 4.78 is 12.7. The summed E-state index contributed by atoms with van der Waals surface area (Å²) in [7, 11) is 1.62. The third-order valence-corrected chi connectivity index (χ3v) is 6.01. The molecule has 3 aromatic carbocycles. The van der Waals surface area contributed by atoms with Crippen molar-refractivity contribution in [3.63, 3.8) is 0 Å². The summed E-state index contributed by atoms with van der Waals surface area (Å²) in [5, 5.41) is 19.0. The van der Waals surface area contributed by atoms with Crippen molar-refractivity contribution in [2.24, 2.45) is 0 Å². The Balaban J connectivity index is 1.62. The maximum atomic E-state index is 13.0. The molecule has 0 fully saturated rings. The maximum Gasteiger partial charge on any atom is 0.272 e. The van der Waals surface area contributed by atoms with Gasteiger partial charge >= 0.3 is 0 Å². The van der Waals surface area contributed by atoms with Crippen LogP contribution in [0, 0.1) is 6.92 Å². The zero-order valence-corrected chi connectivity index (χ0v) is 17.5. The fourth-order valence-electron chi connectivity index (χ4n) is 3.39. The van der Waals surface area contributed by atoms with Crippen LogP contribution in [0.5, 0.6) is 17.2 Å². The van der Waals surface area contributed by atoms with Gasteiger partial charge in [0.1, 0.15) is 16.4 Å². The van der Waals surface area contributed by atoms with E-state index in [1.165, 1.54) is 11.3 Å². The van der Waals surface area contributed by atoms with E-state index in [4.69, 9.17) is 9.47 Å². The number of nitrogens with one attached hydrogen (secondary N) is 2. The summed E-state index contributed by atoms with van der Waals surface area (Å²) in [5.41, 5.74) is 0.971. The van der Waals surface area contributed by atoms with E-state index in [9.17, 15) is 4.79 Å². The molecule has 2 heterocycles. The number of H-pyrrole nitrogens is 1. The Bertz CT molecular complexity index is 1410. The first kappa shape index (κ1) is 19.0. The van der Waals surface area contributed by atoms with Crippen molar-refractivity contribution < 1.29 is 14.3 Å². The molecular formula is C22H17N5O3S. The minimum atomic E-state index is -0.380. The Kier molecular flexibility index (Phi) is 4.72. The van der Waals surface area contributed by atoms with Gasteiger partial charge in [-0.1, -0.05) is 35.4 Å². The average molecular weight is 431 g/mol. The second kappa shape index (κ2) is 7.69. The van der Waals surface area contributed by atoms with Crippen molar-refractivity contribution in [2.75, 3.05) is 12.4 Å². The van der Waals surface area contributed by atoms with Gasteiger partial charge in [-0.25, -0.2) is 0 Å². The first-order valence-corrected chi connectivity index (χ1v) is 10.3. The molecule has 2 N–H and O–H groups in total. The van der Waals surface area contributed by atoms with Gasteiger partial charge in [-0.05, 0) is 52.7 Å². The standard InChI is InChI=1S/C22H17N5O3S/c1-12-9-18-16(11-17(12)29-2)19(20(31-18)21(28)23-22-24-26-27-25-22)30-15-8-7-13-5-3-4-6-14(13)10-15/h3-11H,1-2H3,(H2,23,24,25,26,27,28). The molecule has 9 heteroatoms. The van der Waals surface area contributed by atoms with Crippen LogP contribution in [0.4, 0.5) is 5.95 Å². The number of benzene rings is 3. The number of aromatic amines is 1. The predicted octanol–water partition coefficient (Wildman–Crippen LogP) is 4.93. The smallest absolute Gasteiger partial charge is 0.272 e. The average Bonchev–Trinajstić information content (AvgIpc) is 3.41. The van der Waals surface area contributed by atoms with Crippen LogP contribution in [0.1, 0.15) is 15.2 Å². The molecule has 0 unspecified atom stereocenters. The molecule has 0 spiro atoms. The van der Waals surface area contributed by atoms with Crippen LogP contribution in [0.3, 0.4) is 0 Å². The highest BCUT2D eigenvalue weighted by Crippen LogP contribution is 2.43. The number of aryl methyl sites for hydroxylation is 1. The molecule has 5 rings (SSSR count). The van der Waals surface area contributed by atoms with Crippen LogP contribution in [-0.4, -0.2) is 33.6 Å². The molecule has 0 radical (unpaired) electrons. The van der Waals surface area contributed by atoms with E-state index >= 15 is 0 Å². The molecule has 0 aliphatic carbocycles. The van der Waals surface area contributed by atoms with Crippen LogP contribution in [0.15, 0.2) is 54.6 Å². The zero-order valence-electron chi connectivity index (χ0n) is 16.7. The van der Waals surface area contributed by atoms with Crippen molar-refractivity contribution in [3.05, 3.63) is 65.0 Å². The van der Waals surface area contributed by atoms with Gasteiger partial charge in [0.2, 0.25) is 0 Å². The lowest BCUT2D eigenvalue weighted by Crippen LogP contribution is -2.12. The zero-order chi connectivity index (χ0) is 21.4. The number of thiophene rings is 1. The number of amides is 1. The second-order valence-electron chi connectivity index (χ2n) is 6.88. The van der Waals surface area contributed by atoms with E-state index in [1.807, 2.05) is 61.5 Å². The quantitative estimate of drug-likeness (QED) is 0.409. The number of fused-ring (bicyclic) bond motifs is 2. The van der Waals surface area contributed by atoms with E-state index < -0.39 is 0 Å². The molecule has 0 aliphatic rings. The molecule has 1 amide bonds. The third-order valence-electron chi connectivity index (χ3n) is 4.88. The Morgan fingerprint density at radius 3 is 2.71 bits per heavy atom. The van der Waals surface area contributed by atoms with Gasteiger partial charge in [-0.2, -0.15) is 5.21 Å². The topological polar surface area (TPSA) is 102 Å². The number of methoxy groups -OCH3 is 1. The van der Waals surface area contributed by atoms with Crippen LogP contribution in [0.2, 0.25) is 0 Å². The largest absolute Gasteiger partial charge is 0.496 e.